The minimum atomic E-state index is -0.502. The zero-order chi connectivity index (χ0) is 21.3. The number of rotatable bonds is 7. The highest BCUT2D eigenvalue weighted by Crippen LogP contribution is 2.11. The maximum absolute atomic E-state index is 12.1. The molecule has 1 unspecified atom stereocenters. The van der Waals surface area contributed by atoms with Crippen LogP contribution < -0.4 is 10.6 Å². The number of carbonyl (C=O) groups is 1. The molecule has 0 aliphatic carbocycles. The van der Waals surface area contributed by atoms with Gasteiger partial charge in [-0.05, 0) is 51.7 Å². The van der Waals surface area contributed by atoms with Crippen LogP contribution in [0.25, 0.3) is 0 Å². The molecule has 0 radical (unpaired) electrons. The fourth-order valence-corrected chi connectivity index (χ4v) is 2.72. The number of nitrogens with zero attached hydrogens (tertiary/aromatic N) is 3. The predicted molar refractivity (Wildman–Crippen MR) is 114 cm³/mol. The second kappa shape index (κ2) is 10.9. The Labute approximate surface area is 170 Å². The van der Waals surface area contributed by atoms with Crippen LogP contribution >= 0.6 is 0 Å². The summed E-state index contributed by atoms with van der Waals surface area (Å²) in [7, 11) is 3.76. The average Bonchev–Trinajstić information content (AvgIpc) is 2.58. The molecule has 0 bridgehead atoms. The van der Waals surface area contributed by atoms with E-state index < -0.39 is 5.60 Å². The van der Waals surface area contributed by atoms with Gasteiger partial charge in [0.15, 0.2) is 5.96 Å². The number of aliphatic imine (C=N–C) groups is 1. The van der Waals surface area contributed by atoms with Crippen LogP contribution in [-0.2, 0) is 11.3 Å². The minimum absolute atomic E-state index is 0.0217. The van der Waals surface area contributed by atoms with Crippen LogP contribution in [0.15, 0.2) is 23.3 Å². The van der Waals surface area contributed by atoms with Crippen molar-refractivity contribution in [2.75, 3.05) is 20.6 Å². The van der Waals surface area contributed by atoms with Crippen LogP contribution in [0.2, 0.25) is 0 Å². The second-order valence-electron chi connectivity index (χ2n) is 8.37. The highest BCUT2D eigenvalue weighted by molar-refractivity contribution is 5.79. The van der Waals surface area contributed by atoms with Crippen molar-refractivity contribution in [1.82, 2.24) is 20.5 Å². The van der Waals surface area contributed by atoms with Crippen LogP contribution in [0, 0.1) is 12.8 Å². The SMILES string of the molecule is CN=C(NCc1ncccc1C)N(C)CCC(NC(=O)OC(C)(C)C)C(C)C. The molecule has 1 heterocycles. The number of guanidine groups is 1. The fraction of sp³-hybridized carbons (Fsp3) is 0.667. The summed E-state index contributed by atoms with van der Waals surface area (Å²) in [4.78, 5) is 22.9. The van der Waals surface area contributed by atoms with Crippen molar-refractivity contribution < 1.29 is 9.53 Å². The Morgan fingerprint density at radius 3 is 2.57 bits per heavy atom. The molecule has 1 aromatic rings. The predicted octanol–water partition coefficient (Wildman–Crippen LogP) is 3.34. The van der Waals surface area contributed by atoms with Crippen molar-refractivity contribution >= 4 is 12.1 Å². The Bertz CT molecular complexity index is 652. The summed E-state index contributed by atoms with van der Waals surface area (Å²) in [6, 6.07) is 4.00. The number of aromatic nitrogens is 1. The summed E-state index contributed by atoms with van der Waals surface area (Å²) in [6.07, 6.45) is 2.21. The van der Waals surface area contributed by atoms with Crippen LogP contribution in [0.1, 0.15) is 52.3 Å². The van der Waals surface area contributed by atoms with E-state index in [0.29, 0.717) is 12.5 Å². The maximum atomic E-state index is 12.1. The second-order valence-corrected chi connectivity index (χ2v) is 8.37. The Morgan fingerprint density at radius 2 is 2.04 bits per heavy atom. The van der Waals surface area contributed by atoms with E-state index in [9.17, 15) is 4.79 Å². The van der Waals surface area contributed by atoms with E-state index in [0.717, 1.165) is 30.2 Å². The summed E-state index contributed by atoms with van der Waals surface area (Å²) in [5.74, 6) is 1.09. The van der Waals surface area contributed by atoms with Crippen LogP contribution in [-0.4, -0.2) is 54.2 Å². The molecule has 1 amide bonds. The highest BCUT2D eigenvalue weighted by atomic mass is 16.6. The normalized spacial score (nSPS) is 13.2. The minimum Gasteiger partial charge on any atom is -0.444 e. The third kappa shape index (κ3) is 8.59. The van der Waals surface area contributed by atoms with E-state index in [1.807, 2.05) is 46.9 Å². The first kappa shape index (κ1) is 23.7. The summed E-state index contributed by atoms with van der Waals surface area (Å²) >= 11 is 0. The molecule has 1 atom stereocenters. The Kier molecular flexibility index (Phi) is 9.22. The quantitative estimate of drug-likeness (QED) is 0.550. The van der Waals surface area contributed by atoms with Crippen LogP contribution in [0.5, 0.6) is 0 Å². The van der Waals surface area contributed by atoms with E-state index >= 15 is 0 Å². The molecule has 0 spiro atoms. The van der Waals surface area contributed by atoms with Gasteiger partial charge in [0.25, 0.3) is 0 Å². The third-order valence-electron chi connectivity index (χ3n) is 4.39. The molecule has 0 saturated heterocycles. The van der Waals surface area contributed by atoms with Gasteiger partial charge >= 0.3 is 6.09 Å². The maximum Gasteiger partial charge on any atom is 0.407 e. The number of carbonyl (C=O) groups excluding carboxylic acids is 1. The first-order chi connectivity index (χ1) is 13.0. The lowest BCUT2D eigenvalue weighted by Crippen LogP contribution is -2.45. The smallest absolute Gasteiger partial charge is 0.407 e. The largest absolute Gasteiger partial charge is 0.444 e. The van der Waals surface area contributed by atoms with Crippen LogP contribution in [0.3, 0.4) is 0 Å². The number of nitrogens with one attached hydrogen (secondary N) is 2. The third-order valence-corrected chi connectivity index (χ3v) is 4.39. The number of aryl methyl sites for hydroxylation is 1. The lowest BCUT2D eigenvalue weighted by atomic mass is 10.0. The molecular weight excluding hydrogens is 354 g/mol. The Balaban J connectivity index is 2.58. The van der Waals surface area contributed by atoms with Gasteiger partial charge in [-0.3, -0.25) is 9.98 Å². The number of ether oxygens (including phenoxy) is 1. The van der Waals surface area contributed by atoms with Crippen molar-refractivity contribution in [3.63, 3.8) is 0 Å². The number of pyridine rings is 1. The van der Waals surface area contributed by atoms with Gasteiger partial charge in [0.05, 0.1) is 12.2 Å². The summed E-state index contributed by atoms with van der Waals surface area (Å²) in [6.45, 7) is 13.2. The standard InChI is InChI=1S/C21H37N5O2/c1-15(2)17(25-20(27)28-21(4,5)6)11-13-26(8)19(22-7)24-14-18-16(3)10-9-12-23-18/h9-10,12,15,17H,11,13-14H2,1-8H3,(H,22,24)(H,25,27). The number of alkyl carbamates (subject to hydrolysis) is 1. The van der Waals surface area contributed by atoms with E-state index in [-0.39, 0.29) is 12.1 Å². The van der Waals surface area contributed by atoms with Gasteiger partial charge in [-0.25, -0.2) is 4.79 Å². The first-order valence-corrected chi connectivity index (χ1v) is 9.85. The first-order valence-electron chi connectivity index (χ1n) is 9.85. The molecule has 0 aliphatic heterocycles. The summed E-state index contributed by atoms with van der Waals surface area (Å²) in [5.41, 5.74) is 1.65. The number of hydrogen-bond acceptors (Lipinski definition) is 4. The lowest BCUT2D eigenvalue weighted by molar-refractivity contribution is 0.0486. The molecule has 28 heavy (non-hydrogen) atoms. The molecule has 0 aromatic carbocycles. The van der Waals surface area contributed by atoms with Gasteiger partial charge in [0, 0.05) is 32.9 Å². The molecule has 7 nitrogen and oxygen atoms in total. The lowest BCUT2D eigenvalue weighted by Gasteiger charge is -2.28. The van der Waals surface area contributed by atoms with Crippen molar-refractivity contribution in [2.24, 2.45) is 10.9 Å². The summed E-state index contributed by atoms with van der Waals surface area (Å²) in [5, 5.41) is 6.35. The Morgan fingerprint density at radius 1 is 1.36 bits per heavy atom. The van der Waals surface area contributed by atoms with Gasteiger partial charge in [0.2, 0.25) is 0 Å². The zero-order valence-electron chi connectivity index (χ0n) is 18.7. The molecule has 0 saturated carbocycles. The monoisotopic (exact) mass is 391 g/mol. The van der Waals surface area contributed by atoms with Crippen molar-refractivity contribution in [3.05, 3.63) is 29.6 Å². The van der Waals surface area contributed by atoms with Gasteiger partial charge in [-0.2, -0.15) is 0 Å². The summed E-state index contributed by atoms with van der Waals surface area (Å²) < 4.78 is 5.39. The molecule has 0 fully saturated rings. The van der Waals surface area contributed by atoms with E-state index in [1.54, 1.807) is 13.2 Å². The molecule has 158 valence electrons. The number of hydrogen-bond donors (Lipinski definition) is 2. The van der Waals surface area contributed by atoms with Crippen molar-refractivity contribution in [3.8, 4) is 0 Å². The van der Waals surface area contributed by atoms with Gasteiger partial charge < -0.3 is 20.3 Å². The van der Waals surface area contributed by atoms with Crippen molar-refractivity contribution in [2.45, 2.75) is 66.2 Å². The van der Waals surface area contributed by atoms with Gasteiger partial charge in [-0.1, -0.05) is 19.9 Å². The van der Waals surface area contributed by atoms with Gasteiger partial charge in [0.1, 0.15) is 5.60 Å². The molecule has 0 aliphatic rings. The van der Waals surface area contributed by atoms with Crippen LogP contribution in [0.4, 0.5) is 4.79 Å². The molecule has 1 rings (SSSR count). The van der Waals surface area contributed by atoms with E-state index in [2.05, 4.69) is 39.4 Å². The fourth-order valence-electron chi connectivity index (χ4n) is 2.72. The highest BCUT2D eigenvalue weighted by Gasteiger charge is 2.22. The molecule has 1 aromatic heterocycles. The topological polar surface area (TPSA) is 78.9 Å². The Hall–Kier alpha value is -2.31. The van der Waals surface area contributed by atoms with E-state index in [1.165, 1.54) is 0 Å². The molecule has 2 N–H and O–H groups in total. The molecule has 7 heteroatoms. The van der Waals surface area contributed by atoms with E-state index in [4.69, 9.17) is 4.74 Å². The number of amides is 1. The molecular formula is C21H37N5O2. The van der Waals surface area contributed by atoms with Gasteiger partial charge in [-0.15, -0.1) is 0 Å². The van der Waals surface area contributed by atoms with Crippen molar-refractivity contribution in [1.29, 1.82) is 0 Å². The zero-order valence-corrected chi connectivity index (χ0v) is 18.7. The average molecular weight is 392 g/mol.